The molecule has 0 saturated carbocycles. The van der Waals surface area contributed by atoms with Crippen LogP contribution in [0.5, 0.6) is 0 Å². The minimum absolute atomic E-state index is 0.0151. The molecular formula is C24H29N7O. The lowest BCUT2D eigenvalue weighted by Gasteiger charge is -2.23. The molecule has 0 radical (unpaired) electrons. The lowest BCUT2D eigenvalue weighted by molar-refractivity contribution is 0.0940. The molecule has 3 aromatic rings. The number of rotatable bonds is 5. The van der Waals surface area contributed by atoms with Crippen LogP contribution in [0.1, 0.15) is 41.1 Å². The summed E-state index contributed by atoms with van der Waals surface area (Å²) in [7, 11) is 1.89. The fourth-order valence-corrected chi connectivity index (χ4v) is 4.61. The van der Waals surface area contributed by atoms with Gasteiger partial charge in [0.2, 0.25) is 5.95 Å². The fourth-order valence-electron chi connectivity index (χ4n) is 4.61. The highest BCUT2D eigenvalue weighted by molar-refractivity contribution is 5.94. The molecule has 1 aromatic carbocycles. The summed E-state index contributed by atoms with van der Waals surface area (Å²) in [5, 5.41) is 10.8. The van der Waals surface area contributed by atoms with Crippen molar-refractivity contribution in [3.8, 4) is 11.3 Å². The van der Waals surface area contributed by atoms with Crippen LogP contribution in [0.25, 0.3) is 11.3 Å². The van der Waals surface area contributed by atoms with E-state index in [-0.39, 0.29) is 11.9 Å². The maximum absolute atomic E-state index is 12.8. The number of carbonyl (C=O) groups excluding carboxylic acids is 1. The Labute approximate surface area is 188 Å². The molecule has 2 aliphatic heterocycles. The van der Waals surface area contributed by atoms with Crippen molar-refractivity contribution in [2.75, 3.05) is 31.1 Å². The van der Waals surface area contributed by atoms with Crippen LogP contribution >= 0.6 is 0 Å². The highest BCUT2D eigenvalue weighted by atomic mass is 16.1. The van der Waals surface area contributed by atoms with Gasteiger partial charge in [-0.15, -0.1) is 0 Å². The normalized spacial score (nSPS) is 19.3. The van der Waals surface area contributed by atoms with Crippen molar-refractivity contribution >= 4 is 11.9 Å². The minimum Gasteiger partial charge on any atom is -0.347 e. The number of hydrogen-bond donors (Lipinski definition) is 2. The topological polar surface area (TPSA) is 88.0 Å². The number of nitrogens with one attached hydrogen (secondary N) is 2. The molecule has 2 saturated heterocycles. The van der Waals surface area contributed by atoms with Crippen LogP contribution in [0.2, 0.25) is 0 Å². The smallest absolute Gasteiger partial charge is 0.251 e. The molecular weight excluding hydrogens is 402 g/mol. The van der Waals surface area contributed by atoms with Crippen LogP contribution in [0, 0.1) is 0 Å². The van der Waals surface area contributed by atoms with Gasteiger partial charge in [0.05, 0.1) is 11.9 Å². The van der Waals surface area contributed by atoms with Gasteiger partial charge < -0.3 is 15.5 Å². The predicted octanol–water partition coefficient (Wildman–Crippen LogP) is 2.35. The Morgan fingerprint density at radius 3 is 2.69 bits per heavy atom. The lowest BCUT2D eigenvalue weighted by Crippen LogP contribution is -2.37. The fraction of sp³-hybridized carbons (Fsp3) is 0.417. The molecule has 0 spiro atoms. The van der Waals surface area contributed by atoms with Gasteiger partial charge in [-0.05, 0) is 62.0 Å². The van der Waals surface area contributed by atoms with Gasteiger partial charge in [0.15, 0.2) is 0 Å². The number of hydrogen-bond acceptors (Lipinski definition) is 6. The first-order valence-electron chi connectivity index (χ1n) is 11.3. The molecule has 0 aliphatic carbocycles. The second-order valence-corrected chi connectivity index (χ2v) is 8.70. The second kappa shape index (κ2) is 9.08. The van der Waals surface area contributed by atoms with E-state index in [1.807, 2.05) is 31.4 Å². The summed E-state index contributed by atoms with van der Waals surface area (Å²) in [4.78, 5) is 24.1. The standard InChI is InChI=1S/C24H29N7O/c1-30-15-20(14-27-30)22-8-12-26-24(29-22)31-13-9-21(16-31)28-23(32)19-4-2-17(3-5-19)18-6-10-25-11-7-18/h2-5,8,12,14-15,18,21,25H,6-7,9-11,13,16H2,1H3,(H,28,32). The molecule has 8 heteroatoms. The number of nitrogens with zero attached hydrogens (tertiary/aromatic N) is 5. The van der Waals surface area contributed by atoms with Crippen LogP contribution in [-0.2, 0) is 7.05 Å². The van der Waals surface area contributed by atoms with E-state index >= 15 is 0 Å². The highest BCUT2D eigenvalue weighted by Gasteiger charge is 2.26. The van der Waals surface area contributed by atoms with Crippen molar-refractivity contribution < 1.29 is 4.79 Å². The van der Waals surface area contributed by atoms with Crippen LogP contribution < -0.4 is 15.5 Å². The van der Waals surface area contributed by atoms with Gasteiger partial charge in [-0.2, -0.15) is 5.10 Å². The second-order valence-electron chi connectivity index (χ2n) is 8.70. The van der Waals surface area contributed by atoms with Crippen molar-refractivity contribution in [1.82, 2.24) is 30.4 Å². The minimum atomic E-state index is -0.0151. The van der Waals surface area contributed by atoms with E-state index in [1.165, 1.54) is 5.56 Å². The Bertz CT molecular complexity index is 1070. The van der Waals surface area contributed by atoms with Crippen molar-refractivity contribution in [2.24, 2.45) is 7.05 Å². The number of carbonyl (C=O) groups is 1. The van der Waals surface area contributed by atoms with Crippen LogP contribution in [0.4, 0.5) is 5.95 Å². The molecule has 4 heterocycles. The lowest BCUT2D eigenvalue weighted by atomic mass is 9.90. The SMILES string of the molecule is Cn1cc(-c2ccnc(N3CCC(NC(=O)c4ccc(C5CCNCC5)cc4)C3)n2)cn1. The number of piperidine rings is 1. The zero-order valence-corrected chi connectivity index (χ0v) is 18.4. The van der Waals surface area contributed by atoms with E-state index in [0.29, 0.717) is 18.4 Å². The molecule has 1 amide bonds. The van der Waals surface area contributed by atoms with Gasteiger partial charge in [-0.1, -0.05) is 12.1 Å². The molecule has 2 aliphatic rings. The highest BCUT2D eigenvalue weighted by Crippen LogP contribution is 2.25. The number of aromatic nitrogens is 4. The third-order valence-corrected chi connectivity index (χ3v) is 6.43. The quantitative estimate of drug-likeness (QED) is 0.645. The molecule has 5 rings (SSSR count). The number of benzene rings is 1. The van der Waals surface area contributed by atoms with E-state index in [2.05, 4.69) is 37.7 Å². The zero-order chi connectivity index (χ0) is 21.9. The first kappa shape index (κ1) is 20.6. The maximum Gasteiger partial charge on any atom is 0.251 e. The summed E-state index contributed by atoms with van der Waals surface area (Å²) >= 11 is 0. The van der Waals surface area contributed by atoms with Gasteiger partial charge in [-0.25, -0.2) is 9.97 Å². The van der Waals surface area contributed by atoms with Gasteiger partial charge >= 0.3 is 0 Å². The van der Waals surface area contributed by atoms with E-state index in [1.54, 1.807) is 17.1 Å². The number of anilines is 1. The number of amides is 1. The Hall–Kier alpha value is -3.26. The first-order valence-corrected chi connectivity index (χ1v) is 11.3. The third-order valence-electron chi connectivity index (χ3n) is 6.43. The molecule has 1 unspecified atom stereocenters. The van der Waals surface area contributed by atoms with Crippen molar-refractivity contribution in [3.05, 3.63) is 60.0 Å². The van der Waals surface area contributed by atoms with Crippen molar-refractivity contribution in [2.45, 2.75) is 31.2 Å². The molecule has 8 nitrogen and oxygen atoms in total. The Morgan fingerprint density at radius 2 is 1.94 bits per heavy atom. The van der Waals surface area contributed by atoms with Gasteiger partial charge in [0.25, 0.3) is 5.91 Å². The molecule has 0 bridgehead atoms. The number of aryl methyl sites for hydroxylation is 1. The summed E-state index contributed by atoms with van der Waals surface area (Å²) in [6, 6.07) is 10.1. The zero-order valence-electron chi connectivity index (χ0n) is 18.4. The molecule has 1 atom stereocenters. The Morgan fingerprint density at radius 1 is 1.12 bits per heavy atom. The molecule has 32 heavy (non-hydrogen) atoms. The van der Waals surface area contributed by atoms with E-state index in [4.69, 9.17) is 4.98 Å². The largest absolute Gasteiger partial charge is 0.347 e. The average Bonchev–Trinajstić information content (AvgIpc) is 3.49. The van der Waals surface area contributed by atoms with Crippen LogP contribution in [0.3, 0.4) is 0 Å². The van der Waals surface area contributed by atoms with Crippen LogP contribution in [-0.4, -0.2) is 57.9 Å². The summed E-state index contributed by atoms with van der Waals surface area (Å²) in [5.74, 6) is 1.27. The monoisotopic (exact) mass is 431 g/mol. The van der Waals surface area contributed by atoms with Crippen molar-refractivity contribution in [3.63, 3.8) is 0 Å². The molecule has 2 N–H and O–H groups in total. The third kappa shape index (κ3) is 4.50. The first-order chi connectivity index (χ1) is 15.7. The summed E-state index contributed by atoms with van der Waals surface area (Å²) in [6.07, 6.45) is 8.71. The predicted molar refractivity (Wildman–Crippen MR) is 124 cm³/mol. The average molecular weight is 432 g/mol. The summed E-state index contributed by atoms with van der Waals surface area (Å²) in [5.41, 5.74) is 3.87. The van der Waals surface area contributed by atoms with E-state index in [9.17, 15) is 4.79 Å². The Kier molecular flexibility index (Phi) is 5.85. The summed E-state index contributed by atoms with van der Waals surface area (Å²) in [6.45, 7) is 3.66. The maximum atomic E-state index is 12.8. The van der Waals surface area contributed by atoms with E-state index < -0.39 is 0 Å². The molecule has 2 fully saturated rings. The van der Waals surface area contributed by atoms with Gasteiger partial charge in [0.1, 0.15) is 0 Å². The van der Waals surface area contributed by atoms with Gasteiger partial charge in [-0.3, -0.25) is 9.48 Å². The Balaban J connectivity index is 1.19. The van der Waals surface area contributed by atoms with Crippen molar-refractivity contribution in [1.29, 1.82) is 0 Å². The molecule has 166 valence electrons. The van der Waals surface area contributed by atoms with Crippen LogP contribution in [0.15, 0.2) is 48.9 Å². The van der Waals surface area contributed by atoms with Gasteiger partial charge in [0, 0.05) is 49.7 Å². The summed E-state index contributed by atoms with van der Waals surface area (Å²) < 4.78 is 1.76. The van der Waals surface area contributed by atoms with E-state index in [0.717, 1.165) is 55.7 Å². The molecule has 2 aromatic heterocycles.